The van der Waals surface area contributed by atoms with Crippen LogP contribution in [0.5, 0.6) is 0 Å². The molecule has 1 aromatic carbocycles. The van der Waals surface area contributed by atoms with Gasteiger partial charge in [-0.1, -0.05) is 42.5 Å². The van der Waals surface area contributed by atoms with Gasteiger partial charge in [-0.3, -0.25) is 9.80 Å². The first-order chi connectivity index (χ1) is 10.4. The van der Waals surface area contributed by atoms with Crippen LogP contribution in [0.4, 0.5) is 0 Å². The highest BCUT2D eigenvalue weighted by molar-refractivity contribution is 5.48. The van der Waals surface area contributed by atoms with E-state index in [2.05, 4.69) is 58.4 Å². The first-order valence-corrected chi connectivity index (χ1v) is 7.57. The van der Waals surface area contributed by atoms with Gasteiger partial charge >= 0.3 is 0 Å². The molecule has 2 aromatic rings. The first kappa shape index (κ1) is 14.1. The van der Waals surface area contributed by atoms with Gasteiger partial charge in [0.15, 0.2) is 0 Å². The number of furan rings is 1. The Hall–Kier alpha value is -1.84. The second-order valence-electron chi connectivity index (χ2n) is 5.52. The number of nitrogens with zero attached hydrogens (tertiary/aromatic N) is 2. The van der Waals surface area contributed by atoms with E-state index < -0.39 is 0 Å². The fraction of sp³-hybridized carbons (Fsp3) is 0.333. The Morgan fingerprint density at radius 2 is 1.71 bits per heavy atom. The molecule has 0 unspecified atom stereocenters. The van der Waals surface area contributed by atoms with Crippen molar-refractivity contribution in [1.29, 1.82) is 0 Å². The van der Waals surface area contributed by atoms with Crippen molar-refractivity contribution in [2.24, 2.45) is 0 Å². The van der Waals surface area contributed by atoms with Gasteiger partial charge in [0.1, 0.15) is 0 Å². The van der Waals surface area contributed by atoms with Crippen LogP contribution >= 0.6 is 0 Å². The third kappa shape index (κ3) is 4.31. The van der Waals surface area contributed by atoms with E-state index in [9.17, 15) is 0 Å². The molecule has 1 aliphatic heterocycles. The molecule has 0 atom stereocenters. The molecule has 21 heavy (non-hydrogen) atoms. The molecule has 1 fully saturated rings. The minimum absolute atomic E-state index is 1.00. The molecule has 3 heteroatoms. The molecular formula is C18H22N2O. The van der Waals surface area contributed by atoms with Crippen molar-refractivity contribution in [1.82, 2.24) is 9.80 Å². The summed E-state index contributed by atoms with van der Waals surface area (Å²) in [5.41, 5.74) is 2.54. The quantitative estimate of drug-likeness (QED) is 0.840. The first-order valence-electron chi connectivity index (χ1n) is 7.57. The van der Waals surface area contributed by atoms with E-state index >= 15 is 0 Å². The van der Waals surface area contributed by atoms with Gasteiger partial charge in [0, 0.05) is 44.8 Å². The number of piperazine rings is 1. The lowest BCUT2D eigenvalue weighted by atomic mass is 10.2. The van der Waals surface area contributed by atoms with Gasteiger partial charge in [-0.25, -0.2) is 0 Å². The van der Waals surface area contributed by atoms with Crippen LogP contribution in [-0.2, 0) is 6.54 Å². The molecule has 0 amide bonds. The summed E-state index contributed by atoms with van der Waals surface area (Å²) in [5.74, 6) is 0. The van der Waals surface area contributed by atoms with Crippen LogP contribution in [0, 0.1) is 0 Å². The molecule has 110 valence electrons. The van der Waals surface area contributed by atoms with E-state index in [0.717, 1.165) is 39.3 Å². The highest BCUT2D eigenvalue weighted by Crippen LogP contribution is 2.09. The van der Waals surface area contributed by atoms with Crippen molar-refractivity contribution in [2.45, 2.75) is 6.54 Å². The largest absolute Gasteiger partial charge is 0.472 e. The Bertz CT molecular complexity index is 540. The number of hydrogen-bond donors (Lipinski definition) is 0. The summed E-state index contributed by atoms with van der Waals surface area (Å²) in [7, 11) is 0. The Balaban J connectivity index is 1.40. The van der Waals surface area contributed by atoms with E-state index in [-0.39, 0.29) is 0 Å². The zero-order valence-corrected chi connectivity index (χ0v) is 12.3. The molecule has 0 radical (unpaired) electrons. The van der Waals surface area contributed by atoms with Gasteiger partial charge in [0.05, 0.1) is 12.5 Å². The van der Waals surface area contributed by atoms with Crippen LogP contribution in [-0.4, -0.2) is 42.5 Å². The van der Waals surface area contributed by atoms with E-state index in [1.54, 1.807) is 6.26 Å². The van der Waals surface area contributed by atoms with Crippen molar-refractivity contribution in [3.05, 3.63) is 66.1 Å². The monoisotopic (exact) mass is 282 g/mol. The molecule has 0 spiro atoms. The van der Waals surface area contributed by atoms with Gasteiger partial charge < -0.3 is 4.42 Å². The summed E-state index contributed by atoms with van der Waals surface area (Å²) >= 11 is 0. The van der Waals surface area contributed by atoms with Gasteiger partial charge in [-0.2, -0.15) is 0 Å². The molecule has 3 rings (SSSR count). The minimum Gasteiger partial charge on any atom is -0.472 e. The Labute approximate surface area is 126 Å². The Kier molecular flexibility index (Phi) is 4.87. The molecule has 2 heterocycles. The highest BCUT2D eigenvalue weighted by atomic mass is 16.3. The second-order valence-corrected chi connectivity index (χ2v) is 5.52. The van der Waals surface area contributed by atoms with Crippen LogP contribution in [0.1, 0.15) is 11.1 Å². The average molecular weight is 282 g/mol. The summed E-state index contributed by atoms with van der Waals surface area (Å²) in [4.78, 5) is 4.99. The summed E-state index contributed by atoms with van der Waals surface area (Å²) in [6.45, 7) is 6.57. The van der Waals surface area contributed by atoms with Crippen LogP contribution in [0.25, 0.3) is 6.08 Å². The SMILES string of the molecule is C(=C\c1ccccc1)/CN1CCN(Cc2ccoc2)CC1. The van der Waals surface area contributed by atoms with Crippen LogP contribution in [0.15, 0.2) is 59.4 Å². The lowest BCUT2D eigenvalue weighted by molar-refractivity contribution is 0.137. The fourth-order valence-electron chi connectivity index (χ4n) is 2.67. The standard InChI is InChI=1S/C18H22N2O/c1-2-5-17(6-3-1)7-4-9-19-10-12-20(13-11-19)15-18-8-14-21-16-18/h1-8,14,16H,9-13,15H2/b7-4+. The molecule has 1 aliphatic rings. The summed E-state index contributed by atoms with van der Waals surface area (Å²) < 4.78 is 5.13. The minimum atomic E-state index is 1.00. The van der Waals surface area contributed by atoms with Crippen LogP contribution < -0.4 is 0 Å². The summed E-state index contributed by atoms with van der Waals surface area (Å²) in [6, 6.07) is 12.5. The molecule has 0 aliphatic carbocycles. The number of hydrogen-bond acceptors (Lipinski definition) is 3. The van der Waals surface area contributed by atoms with E-state index in [0.29, 0.717) is 0 Å². The third-order valence-electron chi connectivity index (χ3n) is 3.92. The average Bonchev–Trinajstić information content (AvgIpc) is 3.03. The molecule has 1 saturated heterocycles. The smallest absolute Gasteiger partial charge is 0.0947 e. The summed E-state index contributed by atoms with van der Waals surface area (Å²) in [5, 5.41) is 0. The normalized spacial score (nSPS) is 17.5. The van der Waals surface area contributed by atoms with E-state index in [4.69, 9.17) is 4.42 Å². The zero-order chi connectivity index (χ0) is 14.3. The maximum Gasteiger partial charge on any atom is 0.0947 e. The van der Waals surface area contributed by atoms with Crippen molar-refractivity contribution in [2.75, 3.05) is 32.7 Å². The second kappa shape index (κ2) is 7.25. The van der Waals surface area contributed by atoms with Gasteiger partial charge in [0.25, 0.3) is 0 Å². The molecule has 1 aromatic heterocycles. The molecule has 0 N–H and O–H groups in total. The van der Waals surface area contributed by atoms with E-state index in [1.165, 1.54) is 11.1 Å². The molecule has 0 saturated carbocycles. The third-order valence-corrected chi connectivity index (χ3v) is 3.92. The lowest BCUT2D eigenvalue weighted by Gasteiger charge is -2.33. The Morgan fingerprint density at radius 3 is 2.43 bits per heavy atom. The highest BCUT2D eigenvalue weighted by Gasteiger charge is 2.15. The van der Waals surface area contributed by atoms with Crippen LogP contribution in [0.2, 0.25) is 0 Å². The van der Waals surface area contributed by atoms with Crippen molar-refractivity contribution >= 4 is 6.08 Å². The fourth-order valence-corrected chi connectivity index (χ4v) is 2.67. The predicted molar refractivity (Wildman–Crippen MR) is 85.9 cm³/mol. The predicted octanol–water partition coefficient (Wildman–Crippen LogP) is 3.11. The molecular weight excluding hydrogens is 260 g/mol. The number of benzene rings is 1. The van der Waals surface area contributed by atoms with Crippen molar-refractivity contribution in [3.63, 3.8) is 0 Å². The number of rotatable bonds is 5. The maximum absolute atomic E-state index is 5.13. The van der Waals surface area contributed by atoms with Gasteiger partial charge in [-0.15, -0.1) is 0 Å². The summed E-state index contributed by atoms with van der Waals surface area (Å²) in [6.07, 6.45) is 8.06. The lowest BCUT2D eigenvalue weighted by Crippen LogP contribution is -2.45. The zero-order valence-electron chi connectivity index (χ0n) is 12.3. The Morgan fingerprint density at radius 1 is 0.952 bits per heavy atom. The van der Waals surface area contributed by atoms with Crippen molar-refractivity contribution in [3.8, 4) is 0 Å². The van der Waals surface area contributed by atoms with Crippen molar-refractivity contribution < 1.29 is 4.42 Å². The van der Waals surface area contributed by atoms with E-state index in [1.807, 2.05) is 6.26 Å². The van der Waals surface area contributed by atoms with Crippen LogP contribution in [0.3, 0.4) is 0 Å². The van der Waals surface area contributed by atoms with Gasteiger partial charge in [-0.05, 0) is 11.6 Å². The maximum atomic E-state index is 5.13. The topological polar surface area (TPSA) is 19.6 Å². The molecule has 3 nitrogen and oxygen atoms in total. The molecule has 0 bridgehead atoms. The van der Waals surface area contributed by atoms with Gasteiger partial charge in [0.2, 0.25) is 0 Å².